The first kappa shape index (κ1) is 22.1. The van der Waals surface area contributed by atoms with Gasteiger partial charge in [-0.2, -0.15) is 0 Å². The highest BCUT2D eigenvalue weighted by Crippen LogP contribution is 2.28. The zero-order chi connectivity index (χ0) is 23.6. The van der Waals surface area contributed by atoms with Crippen LogP contribution in [0.1, 0.15) is 31.9 Å². The largest absolute Gasteiger partial charge is 0.497 e. The van der Waals surface area contributed by atoms with Crippen molar-refractivity contribution in [3.05, 3.63) is 84.4 Å². The van der Waals surface area contributed by atoms with Crippen LogP contribution in [0, 0.1) is 0 Å². The molecular weight excluding hydrogens is 414 g/mol. The Morgan fingerprint density at radius 1 is 1.06 bits per heavy atom. The number of methoxy groups -OCH3 is 1. The van der Waals surface area contributed by atoms with Crippen LogP contribution in [0.4, 0.5) is 10.5 Å². The Morgan fingerprint density at radius 2 is 1.82 bits per heavy atom. The summed E-state index contributed by atoms with van der Waals surface area (Å²) < 4.78 is 11.1. The van der Waals surface area contributed by atoms with Crippen LogP contribution in [0.2, 0.25) is 0 Å². The summed E-state index contributed by atoms with van der Waals surface area (Å²) in [5, 5.41) is 5.93. The van der Waals surface area contributed by atoms with Crippen LogP contribution in [0.5, 0.6) is 5.75 Å². The molecule has 0 aliphatic heterocycles. The molecule has 1 heterocycles. The van der Waals surface area contributed by atoms with E-state index in [2.05, 4.69) is 22.2 Å². The highest BCUT2D eigenvalue weighted by Gasteiger charge is 2.23. The molecule has 0 saturated heterocycles. The van der Waals surface area contributed by atoms with Gasteiger partial charge in [0.05, 0.1) is 12.6 Å². The average molecular weight is 442 g/mol. The van der Waals surface area contributed by atoms with Crippen molar-refractivity contribution in [2.24, 2.45) is 0 Å². The molecule has 1 aromatic heterocycles. The Morgan fingerprint density at radius 3 is 2.52 bits per heavy atom. The Balaban J connectivity index is 1.49. The Hall–Kier alpha value is -4.06. The summed E-state index contributed by atoms with van der Waals surface area (Å²) in [6.45, 7) is 9.89. The van der Waals surface area contributed by atoms with Gasteiger partial charge in [0.15, 0.2) is 5.58 Å². The molecule has 168 valence electrons. The van der Waals surface area contributed by atoms with Crippen molar-refractivity contribution in [2.75, 3.05) is 12.4 Å². The number of anilines is 1. The van der Waals surface area contributed by atoms with Crippen LogP contribution in [0.3, 0.4) is 0 Å². The molecule has 0 saturated carbocycles. The molecule has 0 bridgehead atoms. The summed E-state index contributed by atoms with van der Waals surface area (Å²) in [6.07, 6.45) is 0. The maximum absolute atomic E-state index is 12.7. The van der Waals surface area contributed by atoms with Gasteiger partial charge in [0, 0.05) is 17.3 Å². The molecule has 6 heteroatoms. The quantitative estimate of drug-likeness (QED) is 0.354. The summed E-state index contributed by atoms with van der Waals surface area (Å²) in [4.78, 5) is 17.3. The Labute approximate surface area is 193 Å². The zero-order valence-electron chi connectivity index (χ0n) is 19.2. The normalized spacial score (nSPS) is 11.3. The lowest BCUT2D eigenvalue weighted by atomic mass is 9.92. The first-order valence-electron chi connectivity index (χ1n) is 10.7. The molecule has 0 radical (unpaired) electrons. The second-order valence-electron chi connectivity index (χ2n) is 8.50. The topological polar surface area (TPSA) is 76.4 Å². The zero-order valence-corrected chi connectivity index (χ0v) is 19.2. The molecule has 4 rings (SSSR count). The van der Waals surface area contributed by atoms with E-state index in [0.717, 1.165) is 28.0 Å². The van der Waals surface area contributed by atoms with E-state index in [9.17, 15) is 4.79 Å². The van der Waals surface area contributed by atoms with Crippen molar-refractivity contribution >= 4 is 28.4 Å². The Bertz CT molecular complexity index is 1320. The number of carbonyl (C=O) groups excluding carboxylic acids is 1. The van der Waals surface area contributed by atoms with Crippen molar-refractivity contribution in [2.45, 2.75) is 26.3 Å². The molecule has 0 fully saturated rings. The predicted molar refractivity (Wildman–Crippen MR) is 132 cm³/mol. The van der Waals surface area contributed by atoms with E-state index in [0.29, 0.717) is 22.7 Å². The molecule has 2 amide bonds. The van der Waals surface area contributed by atoms with Gasteiger partial charge in [-0.25, -0.2) is 9.78 Å². The second-order valence-corrected chi connectivity index (χ2v) is 8.50. The van der Waals surface area contributed by atoms with Crippen molar-refractivity contribution in [3.63, 3.8) is 0 Å². The second kappa shape index (κ2) is 8.82. The number of fused-ring (bicyclic) bond motifs is 1. The van der Waals surface area contributed by atoms with Crippen molar-refractivity contribution in [1.29, 1.82) is 0 Å². The molecule has 4 aromatic rings. The first-order valence-corrected chi connectivity index (χ1v) is 10.7. The summed E-state index contributed by atoms with van der Waals surface area (Å²) in [5.74, 6) is 1.27. The fraction of sp³-hybridized carbons (Fsp3) is 0.185. The van der Waals surface area contributed by atoms with E-state index < -0.39 is 5.54 Å². The average Bonchev–Trinajstić information content (AvgIpc) is 3.22. The van der Waals surface area contributed by atoms with Gasteiger partial charge < -0.3 is 19.8 Å². The number of benzene rings is 3. The molecule has 0 aliphatic carbocycles. The van der Waals surface area contributed by atoms with Gasteiger partial charge in [0.2, 0.25) is 5.89 Å². The SMILES string of the molecule is C=C(C)c1cccc(C(C)(C)NC(=O)Nc2ccc3nc(-c4ccc(OC)cc4)oc3c2)c1. The fourth-order valence-corrected chi connectivity index (χ4v) is 3.55. The minimum absolute atomic E-state index is 0.310. The van der Waals surface area contributed by atoms with Crippen LogP contribution in [0.15, 0.2) is 77.7 Å². The van der Waals surface area contributed by atoms with Gasteiger partial charge in [0.25, 0.3) is 0 Å². The number of hydrogen-bond acceptors (Lipinski definition) is 4. The number of amides is 2. The first-order chi connectivity index (χ1) is 15.7. The molecule has 0 atom stereocenters. The van der Waals surface area contributed by atoms with E-state index in [4.69, 9.17) is 9.15 Å². The third-order valence-corrected chi connectivity index (χ3v) is 5.49. The molecule has 3 aromatic carbocycles. The van der Waals surface area contributed by atoms with Crippen molar-refractivity contribution in [3.8, 4) is 17.2 Å². The molecule has 0 spiro atoms. The fourth-order valence-electron chi connectivity index (χ4n) is 3.55. The highest BCUT2D eigenvalue weighted by atomic mass is 16.5. The van der Waals surface area contributed by atoms with Gasteiger partial charge in [-0.1, -0.05) is 30.4 Å². The van der Waals surface area contributed by atoms with E-state index in [1.165, 1.54) is 0 Å². The van der Waals surface area contributed by atoms with Gasteiger partial charge >= 0.3 is 6.03 Å². The molecule has 2 N–H and O–H groups in total. The summed E-state index contributed by atoms with van der Waals surface area (Å²) in [6, 6.07) is 20.6. The third kappa shape index (κ3) is 4.90. The standard InChI is InChI=1S/C27H27N3O3/c1-17(2)19-7-6-8-20(15-19)27(3,4)30-26(31)28-21-11-14-23-24(16-21)33-25(29-23)18-9-12-22(32-5)13-10-18/h6-16H,1H2,2-5H3,(H2,28,30,31). The molecular formula is C27H27N3O3. The lowest BCUT2D eigenvalue weighted by Crippen LogP contribution is -2.43. The van der Waals surface area contributed by atoms with Gasteiger partial charge in [-0.3, -0.25) is 0 Å². The van der Waals surface area contributed by atoms with Crippen molar-refractivity contribution < 1.29 is 13.9 Å². The number of oxazole rings is 1. The van der Waals surface area contributed by atoms with E-state index in [-0.39, 0.29) is 6.03 Å². The minimum atomic E-state index is -0.576. The van der Waals surface area contributed by atoms with Gasteiger partial charge in [-0.15, -0.1) is 0 Å². The smallest absolute Gasteiger partial charge is 0.319 e. The monoisotopic (exact) mass is 441 g/mol. The van der Waals surface area contributed by atoms with Gasteiger partial charge in [-0.05, 0) is 74.4 Å². The molecule has 0 unspecified atom stereocenters. The number of urea groups is 1. The lowest BCUT2D eigenvalue weighted by Gasteiger charge is -2.27. The summed E-state index contributed by atoms with van der Waals surface area (Å²) >= 11 is 0. The third-order valence-electron chi connectivity index (χ3n) is 5.49. The number of aromatic nitrogens is 1. The predicted octanol–water partition coefficient (Wildman–Crippen LogP) is 6.59. The minimum Gasteiger partial charge on any atom is -0.497 e. The van der Waals surface area contributed by atoms with Crippen LogP contribution in [-0.2, 0) is 5.54 Å². The number of allylic oxidation sites excluding steroid dienone is 1. The van der Waals surface area contributed by atoms with E-state index in [1.54, 1.807) is 19.2 Å². The van der Waals surface area contributed by atoms with Crippen LogP contribution < -0.4 is 15.4 Å². The number of carbonyl (C=O) groups is 1. The number of ether oxygens (including phenoxy) is 1. The molecule has 6 nitrogen and oxygen atoms in total. The van der Waals surface area contributed by atoms with Gasteiger partial charge in [0.1, 0.15) is 11.3 Å². The van der Waals surface area contributed by atoms with Crippen LogP contribution in [0.25, 0.3) is 28.1 Å². The summed E-state index contributed by atoms with van der Waals surface area (Å²) in [7, 11) is 1.62. The highest BCUT2D eigenvalue weighted by molar-refractivity contribution is 5.92. The number of nitrogens with zero attached hydrogens (tertiary/aromatic N) is 1. The maximum atomic E-state index is 12.7. The number of nitrogens with one attached hydrogen (secondary N) is 2. The van der Waals surface area contributed by atoms with Crippen LogP contribution in [-0.4, -0.2) is 18.1 Å². The lowest BCUT2D eigenvalue weighted by molar-refractivity contribution is 0.242. The van der Waals surface area contributed by atoms with Crippen molar-refractivity contribution in [1.82, 2.24) is 10.3 Å². The number of hydrogen-bond donors (Lipinski definition) is 2. The number of rotatable bonds is 6. The maximum Gasteiger partial charge on any atom is 0.319 e. The van der Waals surface area contributed by atoms with E-state index in [1.807, 2.05) is 75.4 Å². The molecule has 33 heavy (non-hydrogen) atoms. The molecule has 0 aliphatic rings. The van der Waals surface area contributed by atoms with E-state index >= 15 is 0 Å². The van der Waals surface area contributed by atoms with Crippen LogP contribution >= 0.6 is 0 Å². The Kier molecular flexibility index (Phi) is 5.92. The summed E-state index contributed by atoms with van der Waals surface area (Å²) in [5.41, 5.74) is 5.20.